The Bertz CT molecular complexity index is 554. The van der Waals surface area contributed by atoms with Gasteiger partial charge in [0.1, 0.15) is 6.54 Å². The normalized spacial score (nSPS) is 17.7. The second-order valence-corrected chi connectivity index (χ2v) is 7.34. The van der Waals surface area contributed by atoms with Gasteiger partial charge in [0.25, 0.3) is 0 Å². The van der Waals surface area contributed by atoms with Crippen molar-refractivity contribution in [2.75, 3.05) is 59.9 Å². The van der Waals surface area contributed by atoms with E-state index in [0.29, 0.717) is 19.1 Å². The second kappa shape index (κ2) is 11.5. The van der Waals surface area contributed by atoms with Crippen molar-refractivity contribution in [3.05, 3.63) is 12.2 Å². The molecule has 1 heterocycles. The summed E-state index contributed by atoms with van der Waals surface area (Å²) in [4.78, 5) is 34.1. The minimum Gasteiger partial charge on any atom is -0.353 e. The molecule has 2 fully saturated rings. The van der Waals surface area contributed by atoms with E-state index in [2.05, 4.69) is 32.0 Å². The van der Waals surface area contributed by atoms with Gasteiger partial charge in [-0.25, -0.2) is 4.99 Å². The standard InChI is InChI=1S/C18H32N6O2.HI/c1-14(2)11-19-18(20-12-17(26)22(3)4)24-9-7-23(8-10-24)13-16(25)21-15-5-6-15;/h15H,1,5-13H2,2-4H3,(H,19,20)(H,21,25);1H. The quantitative estimate of drug-likeness (QED) is 0.228. The molecule has 0 bridgehead atoms. The van der Waals surface area contributed by atoms with Crippen molar-refractivity contribution in [1.29, 1.82) is 0 Å². The van der Waals surface area contributed by atoms with Crippen LogP contribution >= 0.6 is 24.0 Å². The van der Waals surface area contributed by atoms with Gasteiger partial charge in [0, 0.05) is 52.9 Å². The molecule has 0 aromatic carbocycles. The molecule has 0 unspecified atom stereocenters. The molecule has 1 aliphatic heterocycles. The zero-order valence-corrected chi connectivity index (χ0v) is 19.0. The first-order valence-electron chi connectivity index (χ1n) is 9.24. The van der Waals surface area contributed by atoms with Crippen molar-refractivity contribution in [2.45, 2.75) is 25.8 Å². The van der Waals surface area contributed by atoms with Crippen molar-refractivity contribution in [2.24, 2.45) is 4.99 Å². The number of nitrogens with zero attached hydrogens (tertiary/aromatic N) is 4. The lowest BCUT2D eigenvalue weighted by atomic mass is 10.3. The van der Waals surface area contributed by atoms with Gasteiger partial charge in [0.15, 0.2) is 5.96 Å². The topological polar surface area (TPSA) is 80.3 Å². The monoisotopic (exact) mass is 492 g/mol. The van der Waals surface area contributed by atoms with Crippen LogP contribution in [0.4, 0.5) is 0 Å². The molecule has 8 nitrogen and oxygen atoms in total. The highest BCUT2D eigenvalue weighted by Gasteiger charge is 2.26. The SMILES string of the molecule is C=C(C)CNC(=NCC(=O)N(C)C)N1CCN(CC(=O)NC2CC2)CC1.I. The molecular formula is C18H33IN6O2. The zero-order valence-electron chi connectivity index (χ0n) is 16.7. The van der Waals surface area contributed by atoms with Gasteiger partial charge in [-0.1, -0.05) is 12.2 Å². The Morgan fingerprint density at radius 1 is 1.19 bits per heavy atom. The van der Waals surface area contributed by atoms with Crippen LogP contribution in [-0.4, -0.2) is 98.4 Å². The second-order valence-electron chi connectivity index (χ2n) is 7.34. The predicted molar refractivity (Wildman–Crippen MR) is 118 cm³/mol. The minimum absolute atomic E-state index is 0. The fourth-order valence-electron chi connectivity index (χ4n) is 2.60. The highest BCUT2D eigenvalue weighted by Crippen LogP contribution is 2.18. The minimum atomic E-state index is -0.0324. The average Bonchev–Trinajstić information content (AvgIpc) is 3.39. The van der Waals surface area contributed by atoms with Crippen LogP contribution in [0.5, 0.6) is 0 Å². The van der Waals surface area contributed by atoms with E-state index in [9.17, 15) is 9.59 Å². The van der Waals surface area contributed by atoms with Crippen LogP contribution in [0, 0.1) is 0 Å². The van der Waals surface area contributed by atoms with E-state index < -0.39 is 0 Å². The number of guanidine groups is 1. The number of nitrogens with one attached hydrogen (secondary N) is 2. The molecule has 27 heavy (non-hydrogen) atoms. The molecule has 2 aliphatic rings. The van der Waals surface area contributed by atoms with Crippen LogP contribution in [0.15, 0.2) is 17.1 Å². The summed E-state index contributed by atoms with van der Waals surface area (Å²) in [6, 6.07) is 0.406. The molecule has 0 aromatic heterocycles. The third-order valence-electron chi connectivity index (χ3n) is 4.39. The molecule has 9 heteroatoms. The van der Waals surface area contributed by atoms with Gasteiger partial charge in [-0.3, -0.25) is 14.5 Å². The van der Waals surface area contributed by atoms with E-state index in [1.165, 1.54) is 4.90 Å². The predicted octanol–water partition coefficient (Wildman–Crippen LogP) is 0.111. The lowest BCUT2D eigenvalue weighted by molar-refractivity contribution is -0.127. The third kappa shape index (κ3) is 8.91. The summed E-state index contributed by atoms with van der Waals surface area (Å²) in [5.41, 5.74) is 1.01. The Hall–Kier alpha value is -1.36. The number of carbonyl (C=O) groups excluding carboxylic acids is 2. The van der Waals surface area contributed by atoms with Crippen LogP contribution in [0.2, 0.25) is 0 Å². The highest BCUT2D eigenvalue weighted by atomic mass is 127. The summed E-state index contributed by atoms with van der Waals surface area (Å²) < 4.78 is 0. The summed E-state index contributed by atoms with van der Waals surface area (Å²) in [7, 11) is 3.45. The van der Waals surface area contributed by atoms with E-state index in [-0.39, 0.29) is 42.3 Å². The fraction of sp³-hybridized carbons (Fsp3) is 0.722. The largest absolute Gasteiger partial charge is 0.353 e. The number of amides is 2. The Morgan fingerprint density at radius 3 is 2.33 bits per heavy atom. The zero-order chi connectivity index (χ0) is 19.1. The smallest absolute Gasteiger partial charge is 0.243 e. The van der Waals surface area contributed by atoms with Gasteiger partial charge in [0.05, 0.1) is 6.54 Å². The van der Waals surface area contributed by atoms with E-state index in [0.717, 1.165) is 50.6 Å². The molecule has 2 N–H and O–H groups in total. The Labute approximate surface area is 179 Å². The average molecular weight is 492 g/mol. The number of hydrogen-bond donors (Lipinski definition) is 2. The Balaban J connectivity index is 0.00000364. The number of hydrogen-bond acceptors (Lipinski definition) is 4. The highest BCUT2D eigenvalue weighted by molar-refractivity contribution is 14.0. The van der Waals surface area contributed by atoms with Gasteiger partial charge in [-0.05, 0) is 19.8 Å². The molecule has 1 saturated carbocycles. The molecular weight excluding hydrogens is 459 g/mol. The lowest BCUT2D eigenvalue weighted by Gasteiger charge is -2.36. The molecule has 2 amide bonds. The molecule has 0 spiro atoms. The number of halogens is 1. The first-order valence-corrected chi connectivity index (χ1v) is 9.24. The first kappa shape index (κ1) is 23.7. The van der Waals surface area contributed by atoms with Gasteiger partial charge >= 0.3 is 0 Å². The molecule has 2 rings (SSSR count). The number of piperazine rings is 1. The summed E-state index contributed by atoms with van der Waals surface area (Å²) in [6.07, 6.45) is 2.22. The maximum Gasteiger partial charge on any atom is 0.243 e. The molecule has 1 aliphatic carbocycles. The molecule has 0 radical (unpaired) electrons. The van der Waals surface area contributed by atoms with Crippen molar-refractivity contribution < 1.29 is 9.59 Å². The van der Waals surface area contributed by atoms with Crippen LogP contribution in [-0.2, 0) is 9.59 Å². The number of rotatable bonds is 7. The van der Waals surface area contributed by atoms with E-state index in [1.54, 1.807) is 14.1 Å². The molecule has 154 valence electrons. The van der Waals surface area contributed by atoms with E-state index in [4.69, 9.17) is 0 Å². The van der Waals surface area contributed by atoms with Gasteiger partial charge in [-0.2, -0.15) is 0 Å². The molecule has 0 atom stereocenters. The van der Waals surface area contributed by atoms with Gasteiger partial charge in [-0.15, -0.1) is 24.0 Å². The van der Waals surface area contributed by atoms with Gasteiger partial charge in [0.2, 0.25) is 11.8 Å². The summed E-state index contributed by atoms with van der Waals surface area (Å²) >= 11 is 0. The maximum atomic E-state index is 11.9. The maximum absolute atomic E-state index is 11.9. The van der Waals surface area contributed by atoms with Crippen molar-refractivity contribution in [3.8, 4) is 0 Å². The number of carbonyl (C=O) groups is 2. The summed E-state index contributed by atoms with van der Waals surface area (Å²) in [5.74, 6) is 0.812. The number of aliphatic imine (C=N–C) groups is 1. The first-order chi connectivity index (χ1) is 12.3. The van der Waals surface area contributed by atoms with E-state index >= 15 is 0 Å². The fourth-order valence-corrected chi connectivity index (χ4v) is 2.60. The van der Waals surface area contributed by atoms with Crippen LogP contribution in [0.25, 0.3) is 0 Å². The van der Waals surface area contributed by atoms with E-state index in [1.807, 2.05) is 6.92 Å². The van der Waals surface area contributed by atoms with Crippen molar-refractivity contribution in [1.82, 2.24) is 25.3 Å². The third-order valence-corrected chi connectivity index (χ3v) is 4.39. The lowest BCUT2D eigenvalue weighted by Crippen LogP contribution is -2.54. The van der Waals surface area contributed by atoms with Gasteiger partial charge < -0.3 is 20.4 Å². The van der Waals surface area contributed by atoms with Crippen LogP contribution in [0.1, 0.15) is 19.8 Å². The summed E-state index contributed by atoms with van der Waals surface area (Å²) in [5, 5.41) is 6.31. The number of likely N-dealkylation sites (N-methyl/N-ethyl adjacent to an activating group) is 1. The summed E-state index contributed by atoms with van der Waals surface area (Å²) in [6.45, 7) is 10.2. The van der Waals surface area contributed by atoms with Crippen LogP contribution < -0.4 is 10.6 Å². The molecule has 0 aromatic rings. The Kier molecular flexibility index (Phi) is 10.1. The molecule has 1 saturated heterocycles. The van der Waals surface area contributed by atoms with Crippen molar-refractivity contribution >= 4 is 41.8 Å². The van der Waals surface area contributed by atoms with Crippen LogP contribution in [0.3, 0.4) is 0 Å². The Morgan fingerprint density at radius 2 is 1.81 bits per heavy atom. The van der Waals surface area contributed by atoms with Crippen molar-refractivity contribution in [3.63, 3.8) is 0 Å².